The molecule has 1 aromatic heterocycles. The van der Waals surface area contributed by atoms with Gasteiger partial charge in [0.1, 0.15) is 11.9 Å². The van der Waals surface area contributed by atoms with Crippen molar-refractivity contribution in [3.8, 4) is 0 Å². The van der Waals surface area contributed by atoms with Gasteiger partial charge < -0.3 is 5.32 Å². The number of aromatic nitrogens is 2. The maximum atomic E-state index is 12.7. The van der Waals surface area contributed by atoms with Crippen LogP contribution in [0.1, 0.15) is 12.8 Å². The molecule has 0 radical (unpaired) electrons. The van der Waals surface area contributed by atoms with Crippen molar-refractivity contribution in [2.24, 2.45) is 0 Å². The topological polar surface area (TPSA) is 81.0 Å². The number of rotatable bonds is 3. The summed E-state index contributed by atoms with van der Waals surface area (Å²) in [6, 6.07) is 0. The third-order valence-electron chi connectivity index (χ3n) is 2.61. The Morgan fingerprint density at radius 1 is 1.44 bits per heavy atom. The number of hydrogen-bond acceptors (Lipinski definition) is 5. The number of nitrogens with zero attached hydrogens (tertiary/aromatic N) is 3. The molecule has 0 amide bonds. The average molecular weight is 283 g/mol. The molecule has 0 bridgehead atoms. The molecule has 0 unspecified atom stereocenters. The lowest BCUT2D eigenvalue weighted by molar-refractivity contribution is -0.384. The molecule has 1 aromatic rings. The van der Waals surface area contributed by atoms with Gasteiger partial charge in [0.25, 0.3) is 0 Å². The van der Waals surface area contributed by atoms with Gasteiger partial charge in [-0.2, -0.15) is 13.2 Å². The van der Waals surface area contributed by atoms with E-state index in [1.165, 1.54) is 0 Å². The van der Waals surface area contributed by atoms with Crippen LogP contribution < -0.4 is 5.32 Å². The van der Waals surface area contributed by atoms with Crippen molar-refractivity contribution < 1.29 is 18.1 Å². The number of nitrogens with one attached hydrogen (secondary N) is 1. The van der Waals surface area contributed by atoms with Crippen LogP contribution in [0, 0.1) is 10.1 Å². The van der Waals surface area contributed by atoms with Gasteiger partial charge in [-0.3, -0.25) is 10.1 Å². The Kier molecular flexibility index (Phi) is 2.80. The van der Waals surface area contributed by atoms with Gasteiger partial charge in [-0.25, -0.2) is 9.97 Å². The molecule has 1 aliphatic carbocycles. The highest BCUT2D eigenvalue weighted by Gasteiger charge is 2.64. The van der Waals surface area contributed by atoms with E-state index in [-0.39, 0.29) is 12.8 Å². The zero-order valence-electron chi connectivity index (χ0n) is 8.66. The van der Waals surface area contributed by atoms with Gasteiger partial charge in [-0.05, 0) is 12.8 Å². The molecule has 1 heterocycles. The summed E-state index contributed by atoms with van der Waals surface area (Å²) >= 11 is 5.47. The predicted molar refractivity (Wildman–Crippen MR) is 55.3 cm³/mol. The van der Waals surface area contributed by atoms with Gasteiger partial charge in [0.15, 0.2) is 0 Å². The van der Waals surface area contributed by atoms with Gasteiger partial charge >= 0.3 is 11.9 Å². The molecule has 18 heavy (non-hydrogen) atoms. The van der Waals surface area contributed by atoms with E-state index in [1.54, 1.807) is 0 Å². The molecule has 2 rings (SSSR count). The minimum atomic E-state index is -4.50. The molecule has 0 saturated heterocycles. The lowest BCUT2D eigenvalue weighted by atomic mass is 10.2. The summed E-state index contributed by atoms with van der Waals surface area (Å²) < 4.78 is 38.1. The number of nitro groups is 1. The highest BCUT2D eigenvalue weighted by atomic mass is 35.5. The summed E-state index contributed by atoms with van der Waals surface area (Å²) in [5.41, 5.74) is -2.90. The zero-order chi connectivity index (χ0) is 13.6. The first kappa shape index (κ1) is 12.8. The number of halogens is 4. The van der Waals surface area contributed by atoms with E-state index in [0.29, 0.717) is 0 Å². The normalized spacial score (nSPS) is 17.3. The van der Waals surface area contributed by atoms with Crippen LogP contribution in [-0.2, 0) is 0 Å². The summed E-state index contributed by atoms with van der Waals surface area (Å²) in [7, 11) is 0. The van der Waals surface area contributed by atoms with Crippen molar-refractivity contribution in [1.29, 1.82) is 0 Å². The van der Waals surface area contributed by atoms with Crippen LogP contribution in [-0.4, -0.2) is 26.6 Å². The lowest BCUT2D eigenvalue weighted by Crippen LogP contribution is -2.39. The summed E-state index contributed by atoms with van der Waals surface area (Å²) in [4.78, 5) is 16.6. The van der Waals surface area contributed by atoms with Crippen LogP contribution in [0.2, 0.25) is 5.15 Å². The van der Waals surface area contributed by atoms with Crippen LogP contribution in [0.5, 0.6) is 0 Å². The Bertz CT molecular complexity index is 504. The smallest absolute Gasteiger partial charge is 0.350 e. The molecule has 10 heteroatoms. The van der Waals surface area contributed by atoms with E-state index in [4.69, 9.17) is 11.6 Å². The largest absolute Gasteiger partial charge is 0.411 e. The van der Waals surface area contributed by atoms with E-state index in [9.17, 15) is 23.3 Å². The first-order chi connectivity index (χ1) is 8.27. The minimum absolute atomic E-state index is 0.157. The summed E-state index contributed by atoms with van der Waals surface area (Å²) in [5, 5.41) is 12.3. The lowest BCUT2D eigenvalue weighted by Gasteiger charge is -2.20. The number of hydrogen-bond donors (Lipinski definition) is 1. The monoisotopic (exact) mass is 282 g/mol. The molecule has 0 spiro atoms. The molecule has 0 aromatic carbocycles. The molecule has 0 aliphatic heterocycles. The molecular formula is C8H6ClF3N4O2. The fourth-order valence-corrected chi connectivity index (χ4v) is 1.64. The predicted octanol–water partition coefficient (Wildman–Crippen LogP) is 2.55. The Balaban J connectivity index is 2.36. The second kappa shape index (κ2) is 3.94. The Morgan fingerprint density at radius 2 is 2.06 bits per heavy atom. The fraction of sp³-hybridized carbons (Fsp3) is 0.500. The molecule has 1 saturated carbocycles. The van der Waals surface area contributed by atoms with Crippen LogP contribution in [0.4, 0.5) is 24.7 Å². The highest BCUT2D eigenvalue weighted by Crippen LogP contribution is 2.51. The average Bonchev–Trinajstić information content (AvgIpc) is 2.97. The molecule has 6 nitrogen and oxygen atoms in total. The van der Waals surface area contributed by atoms with Crippen LogP contribution in [0.15, 0.2) is 6.33 Å². The van der Waals surface area contributed by atoms with E-state index < -0.39 is 33.3 Å². The third kappa shape index (κ3) is 2.05. The van der Waals surface area contributed by atoms with Gasteiger partial charge in [0, 0.05) is 0 Å². The van der Waals surface area contributed by atoms with Crippen molar-refractivity contribution in [1.82, 2.24) is 9.97 Å². The van der Waals surface area contributed by atoms with Crippen LogP contribution in [0.3, 0.4) is 0 Å². The van der Waals surface area contributed by atoms with Crippen molar-refractivity contribution >= 4 is 23.1 Å². The summed E-state index contributed by atoms with van der Waals surface area (Å²) in [5.74, 6) is -0.519. The fourth-order valence-electron chi connectivity index (χ4n) is 1.44. The minimum Gasteiger partial charge on any atom is -0.350 e. The molecular weight excluding hydrogens is 277 g/mol. The summed E-state index contributed by atoms with van der Waals surface area (Å²) in [6.45, 7) is 0. The molecule has 1 N–H and O–H groups in total. The summed E-state index contributed by atoms with van der Waals surface area (Å²) in [6.07, 6.45) is -3.95. The van der Waals surface area contributed by atoms with Gasteiger partial charge in [0.2, 0.25) is 11.0 Å². The van der Waals surface area contributed by atoms with Crippen molar-refractivity contribution in [3.63, 3.8) is 0 Å². The van der Waals surface area contributed by atoms with Gasteiger partial charge in [0.05, 0.1) is 4.92 Å². The third-order valence-corrected chi connectivity index (χ3v) is 2.89. The highest BCUT2D eigenvalue weighted by molar-refractivity contribution is 6.31. The standard InChI is InChI=1S/C8H6ClF3N4O2/c9-5-4(16(17)18)6(14-3-13-5)15-7(1-2-7)8(10,11)12/h3H,1-2H2,(H,13,14,15). The maximum Gasteiger partial charge on any atom is 0.411 e. The Morgan fingerprint density at radius 3 is 2.50 bits per heavy atom. The van der Waals surface area contributed by atoms with Crippen molar-refractivity contribution in [3.05, 3.63) is 21.6 Å². The zero-order valence-corrected chi connectivity index (χ0v) is 9.42. The Hall–Kier alpha value is -1.64. The first-order valence-electron chi connectivity index (χ1n) is 4.77. The molecule has 1 aliphatic rings. The first-order valence-corrected chi connectivity index (χ1v) is 5.14. The van der Waals surface area contributed by atoms with E-state index in [2.05, 4.69) is 15.3 Å². The number of alkyl halides is 3. The van der Waals surface area contributed by atoms with Gasteiger partial charge in [-0.1, -0.05) is 11.6 Å². The van der Waals surface area contributed by atoms with E-state index >= 15 is 0 Å². The molecule has 0 atom stereocenters. The molecule has 1 fully saturated rings. The quantitative estimate of drug-likeness (QED) is 0.523. The SMILES string of the molecule is O=[N+]([O-])c1c(Cl)ncnc1NC1(C(F)(F)F)CC1. The van der Waals surface area contributed by atoms with E-state index in [0.717, 1.165) is 6.33 Å². The van der Waals surface area contributed by atoms with Crippen LogP contribution in [0.25, 0.3) is 0 Å². The van der Waals surface area contributed by atoms with Crippen molar-refractivity contribution in [2.75, 3.05) is 5.32 Å². The second-order valence-corrected chi connectivity index (χ2v) is 4.18. The molecule has 98 valence electrons. The maximum absolute atomic E-state index is 12.7. The van der Waals surface area contributed by atoms with Crippen molar-refractivity contribution in [2.45, 2.75) is 24.6 Å². The van der Waals surface area contributed by atoms with Gasteiger partial charge in [-0.15, -0.1) is 0 Å². The second-order valence-electron chi connectivity index (χ2n) is 3.82. The van der Waals surface area contributed by atoms with Crippen LogP contribution >= 0.6 is 11.6 Å². The Labute approximate surface area is 103 Å². The number of anilines is 1. The van der Waals surface area contributed by atoms with E-state index in [1.807, 2.05) is 0 Å².